The molecule has 0 bridgehead atoms. The van der Waals surface area contributed by atoms with Gasteiger partial charge in [0.25, 0.3) is 5.91 Å². The molecule has 1 atom stereocenters. The highest BCUT2D eigenvalue weighted by Crippen LogP contribution is 2.18. The number of amides is 1. The molecule has 0 heterocycles. The molecule has 1 unspecified atom stereocenters. The average Bonchev–Trinajstić information content (AvgIpc) is 2.57. The van der Waals surface area contributed by atoms with E-state index in [4.69, 9.17) is 10.00 Å². The van der Waals surface area contributed by atoms with Crippen molar-refractivity contribution in [2.45, 2.75) is 20.0 Å². The summed E-state index contributed by atoms with van der Waals surface area (Å²) in [7, 11) is 0. The highest BCUT2D eigenvalue weighted by molar-refractivity contribution is 5.96. The van der Waals surface area contributed by atoms with E-state index in [0.717, 1.165) is 5.69 Å². The molecular formula is C18H18N2O2. The molecule has 2 aromatic rings. The number of anilines is 1. The van der Waals surface area contributed by atoms with E-state index < -0.39 is 6.10 Å². The summed E-state index contributed by atoms with van der Waals surface area (Å²) in [5, 5.41) is 8.78. The SMILES string of the molecule is CCN(C(=O)C(C)Oc1ccc(C#N)cc1)c1ccccc1. The molecule has 0 N–H and O–H groups in total. The van der Waals surface area contributed by atoms with Crippen LogP contribution in [0.15, 0.2) is 54.6 Å². The largest absolute Gasteiger partial charge is 0.481 e. The molecule has 2 rings (SSSR count). The molecule has 0 aromatic heterocycles. The molecule has 0 spiro atoms. The number of hydrogen-bond acceptors (Lipinski definition) is 3. The topological polar surface area (TPSA) is 53.3 Å². The fourth-order valence-electron chi connectivity index (χ4n) is 2.16. The molecule has 112 valence electrons. The van der Waals surface area contributed by atoms with Gasteiger partial charge in [0.05, 0.1) is 11.6 Å². The Bertz CT molecular complexity index is 660. The molecule has 0 saturated carbocycles. The fourth-order valence-corrected chi connectivity index (χ4v) is 2.16. The Balaban J connectivity index is 2.08. The van der Waals surface area contributed by atoms with Crippen molar-refractivity contribution < 1.29 is 9.53 Å². The minimum absolute atomic E-state index is 0.0990. The molecule has 0 fully saturated rings. The summed E-state index contributed by atoms with van der Waals surface area (Å²) in [5.74, 6) is 0.474. The Labute approximate surface area is 130 Å². The molecular weight excluding hydrogens is 276 g/mol. The van der Waals surface area contributed by atoms with Gasteiger partial charge in [0.1, 0.15) is 5.75 Å². The van der Waals surface area contributed by atoms with Crippen molar-refractivity contribution in [2.75, 3.05) is 11.4 Å². The zero-order valence-electron chi connectivity index (χ0n) is 12.7. The van der Waals surface area contributed by atoms with Crippen molar-refractivity contribution in [3.63, 3.8) is 0 Å². The number of likely N-dealkylation sites (N-methyl/N-ethyl adjacent to an activating group) is 1. The van der Waals surface area contributed by atoms with E-state index >= 15 is 0 Å². The van der Waals surface area contributed by atoms with Gasteiger partial charge < -0.3 is 9.64 Å². The first-order valence-corrected chi connectivity index (χ1v) is 7.19. The summed E-state index contributed by atoms with van der Waals surface area (Å²) >= 11 is 0. The number of rotatable bonds is 5. The van der Waals surface area contributed by atoms with Gasteiger partial charge >= 0.3 is 0 Å². The Morgan fingerprint density at radius 1 is 1.18 bits per heavy atom. The van der Waals surface area contributed by atoms with E-state index in [0.29, 0.717) is 17.9 Å². The van der Waals surface area contributed by atoms with Crippen LogP contribution < -0.4 is 9.64 Å². The van der Waals surface area contributed by atoms with Gasteiger partial charge in [-0.1, -0.05) is 18.2 Å². The molecule has 4 nitrogen and oxygen atoms in total. The highest BCUT2D eigenvalue weighted by Gasteiger charge is 2.22. The van der Waals surface area contributed by atoms with Gasteiger partial charge in [-0.05, 0) is 50.2 Å². The van der Waals surface area contributed by atoms with Gasteiger partial charge in [0.15, 0.2) is 6.10 Å². The lowest BCUT2D eigenvalue weighted by Gasteiger charge is -2.25. The number of para-hydroxylation sites is 1. The number of carbonyl (C=O) groups excluding carboxylic acids is 1. The normalized spacial score (nSPS) is 11.3. The van der Waals surface area contributed by atoms with E-state index in [2.05, 4.69) is 0 Å². The third-order valence-electron chi connectivity index (χ3n) is 3.29. The number of carbonyl (C=O) groups is 1. The number of hydrogen-bond donors (Lipinski definition) is 0. The first-order chi connectivity index (χ1) is 10.7. The van der Waals surface area contributed by atoms with E-state index in [-0.39, 0.29) is 5.91 Å². The second-order valence-electron chi connectivity index (χ2n) is 4.81. The summed E-state index contributed by atoms with van der Waals surface area (Å²) in [6, 6.07) is 18.3. The van der Waals surface area contributed by atoms with Gasteiger partial charge in [-0.15, -0.1) is 0 Å². The van der Waals surface area contributed by atoms with Crippen LogP contribution >= 0.6 is 0 Å². The zero-order valence-corrected chi connectivity index (χ0v) is 12.7. The maximum atomic E-state index is 12.6. The predicted molar refractivity (Wildman–Crippen MR) is 85.7 cm³/mol. The van der Waals surface area contributed by atoms with Crippen LogP contribution in [0.5, 0.6) is 5.75 Å². The van der Waals surface area contributed by atoms with Crippen LogP contribution in [0.3, 0.4) is 0 Å². The van der Waals surface area contributed by atoms with E-state index in [9.17, 15) is 4.79 Å². The second-order valence-corrected chi connectivity index (χ2v) is 4.81. The summed E-state index contributed by atoms with van der Waals surface area (Å²) in [6.45, 7) is 4.23. The quantitative estimate of drug-likeness (QED) is 0.849. The van der Waals surface area contributed by atoms with Crippen LogP contribution in [0.25, 0.3) is 0 Å². The van der Waals surface area contributed by atoms with Crippen LogP contribution in [0.2, 0.25) is 0 Å². The van der Waals surface area contributed by atoms with E-state index in [1.54, 1.807) is 36.1 Å². The Morgan fingerprint density at radius 2 is 1.82 bits per heavy atom. The minimum Gasteiger partial charge on any atom is -0.481 e. The van der Waals surface area contributed by atoms with Crippen LogP contribution in [-0.4, -0.2) is 18.6 Å². The van der Waals surface area contributed by atoms with Crippen molar-refractivity contribution in [2.24, 2.45) is 0 Å². The van der Waals surface area contributed by atoms with Crippen molar-refractivity contribution in [3.8, 4) is 11.8 Å². The van der Waals surface area contributed by atoms with Gasteiger partial charge in [-0.3, -0.25) is 4.79 Å². The molecule has 0 aliphatic carbocycles. The van der Waals surface area contributed by atoms with Crippen LogP contribution in [0.1, 0.15) is 19.4 Å². The van der Waals surface area contributed by atoms with Gasteiger partial charge in [0, 0.05) is 12.2 Å². The third-order valence-corrected chi connectivity index (χ3v) is 3.29. The lowest BCUT2D eigenvalue weighted by atomic mass is 10.2. The van der Waals surface area contributed by atoms with Crippen LogP contribution in [0.4, 0.5) is 5.69 Å². The average molecular weight is 294 g/mol. The van der Waals surface area contributed by atoms with Crippen LogP contribution in [-0.2, 0) is 4.79 Å². The number of benzene rings is 2. The predicted octanol–water partition coefficient (Wildman–Crippen LogP) is 3.38. The molecule has 0 radical (unpaired) electrons. The summed E-state index contributed by atoms with van der Waals surface area (Å²) in [6.07, 6.45) is -0.604. The zero-order chi connectivity index (χ0) is 15.9. The van der Waals surface area contributed by atoms with Crippen LogP contribution in [0, 0.1) is 11.3 Å². The van der Waals surface area contributed by atoms with Gasteiger partial charge in [-0.25, -0.2) is 0 Å². The lowest BCUT2D eigenvalue weighted by Crippen LogP contribution is -2.40. The van der Waals surface area contributed by atoms with E-state index in [1.165, 1.54) is 0 Å². The smallest absolute Gasteiger partial charge is 0.267 e. The summed E-state index contributed by atoms with van der Waals surface area (Å²) < 4.78 is 5.68. The number of nitriles is 1. The van der Waals surface area contributed by atoms with Gasteiger partial charge in [0.2, 0.25) is 0 Å². The second kappa shape index (κ2) is 7.28. The minimum atomic E-state index is -0.604. The Hall–Kier alpha value is -2.80. The standard InChI is InChI=1S/C18H18N2O2/c1-3-20(16-7-5-4-6-8-16)18(21)14(2)22-17-11-9-15(13-19)10-12-17/h4-12,14H,3H2,1-2H3. The first-order valence-electron chi connectivity index (χ1n) is 7.19. The maximum Gasteiger partial charge on any atom is 0.267 e. The Kier molecular flexibility index (Phi) is 5.16. The molecule has 22 heavy (non-hydrogen) atoms. The lowest BCUT2D eigenvalue weighted by molar-refractivity contribution is -0.124. The Morgan fingerprint density at radius 3 is 2.36 bits per heavy atom. The number of ether oxygens (including phenoxy) is 1. The molecule has 0 saturated heterocycles. The van der Waals surface area contributed by atoms with E-state index in [1.807, 2.05) is 43.3 Å². The molecule has 2 aromatic carbocycles. The monoisotopic (exact) mass is 294 g/mol. The van der Waals surface area contributed by atoms with Crippen molar-refractivity contribution >= 4 is 11.6 Å². The molecule has 1 amide bonds. The summed E-state index contributed by atoms with van der Waals surface area (Å²) in [4.78, 5) is 14.2. The number of nitrogens with zero attached hydrogens (tertiary/aromatic N) is 2. The van der Waals surface area contributed by atoms with Crippen molar-refractivity contribution in [1.82, 2.24) is 0 Å². The third kappa shape index (κ3) is 3.64. The fraction of sp³-hybridized carbons (Fsp3) is 0.222. The molecule has 0 aliphatic rings. The van der Waals surface area contributed by atoms with Gasteiger partial charge in [-0.2, -0.15) is 5.26 Å². The van der Waals surface area contributed by atoms with Crippen molar-refractivity contribution in [3.05, 3.63) is 60.2 Å². The molecule has 4 heteroatoms. The maximum absolute atomic E-state index is 12.6. The molecule has 0 aliphatic heterocycles. The summed E-state index contributed by atoms with van der Waals surface area (Å²) in [5.41, 5.74) is 1.41. The first kappa shape index (κ1) is 15.6. The van der Waals surface area contributed by atoms with Crippen molar-refractivity contribution in [1.29, 1.82) is 5.26 Å². The highest BCUT2D eigenvalue weighted by atomic mass is 16.5.